The van der Waals surface area contributed by atoms with Gasteiger partial charge in [0.15, 0.2) is 0 Å². The fourth-order valence-electron chi connectivity index (χ4n) is 1.13. The van der Waals surface area contributed by atoms with Crippen LogP contribution >= 0.6 is 11.6 Å². The summed E-state index contributed by atoms with van der Waals surface area (Å²) in [6, 6.07) is 8.39. The van der Waals surface area contributed by atoms with Crippen molar-refractivity contribution in [3.05, 3.63) is 35.5 Å². The van der Waals surface area contributed by atoms with Crippen LogP contribution in [0.1, 0.15) is 0 Å². The summed E-state index contributed by atoms with van der Waals surface area (Å²) in [6.07, 6.45) is 1.66. The number of fused-ring (bicyclic) bond motifs is 1. The largest absolute Gasteiger partial charge is 0.495 e. The molecular weight excluding hydrogens is 186 g/mol. The SMILES string of the molecule is COc1cnc2[c]cc(Cl)cc2c1. The van der Waals surface area contributed by atoms with E-state index in [1.807, 2.05) is 12.1 Å². The number of hydrogen-bond acceptors (Lipinski definition) is 2. The molecule has 65 valence electrons. The maximum Gasteiger partial charge on any atom is 0.137 e. The van der Waals surface area contributed by atoms with Gasteiger partial charge in [-0.05, 0) is 18.2 Å². The molecule has 0 aliphatic rings. The quantitative estimate of drug-likeness (QED) is 0.693. The van der Waals surface area contributed by atoms with Gasteiger partial charge in [0.25, 0.3) is 0 Å². The molecule has 0 atom stereocenters. The molecule has 2 nitrogen and oxygen atoms in total. The number of hydrogen-bond donors (Lipinski definition) is 0. The van der Waals surface area contributed by atoms with E-state index in [1.165, 1.54) is 0 Å². The van der Waals surface area contributed by atoms with Crippen LogP contribution in [0.15, 0.2) is 24.4 Å². The van der Waals surface area contributed by atoms with Crippen LogP contribution in [-0.4, -0.2) is 12.1 Å². The average Bonchev–Trinajstić information content (AvgIpc) is 2.16. The van der Waals surface area contributed by atoms with Crippen LogP contribution in [0.4, 0.5) is 0 Å². The highest BCUT2D eigenvalue weighted by Crippen LogP contribution is 2.20. The van der Waals surface area contributed by atoms with Gasteiger partial charge in [-0.25, -0.2) is 0 Å². The first-order valence-corrected chi connectivity index (χ1v) is 4.18. The highest BCUT2D eigenvalue weighted by atomic mass is 35.5. The number of benzene rings is 1. The third-order valence-electron chi connectivity index (χ3n) is 1.77. The van der Waals surface area contributed by atoms with Crippen molar-refractivity contribution in [3.8, 4) is 5.75 Å². The van der Waals surface area contributed by atoms with Gasteiger partial charge in [-0.2, -0.15) is 0 Å². The molecule has 0 aliphatic carbocycles. The predicted molar refractivity (Wildman–Crippen MR) is 52.1 cm³/mol. The third kappa shape index (κ3) is 1.58. The summed E-state index contributed by atoms with van der Waals surface area (Å²) in [4.78, 5) is 4.15. The zero-order valence-electron chi connectivity index (χ0n) is 7.04. The summed E-state index contributed by atoms with van der Waals surface area (Å²) in [5.41, 5.74) is 0.796. The minimum Gasteiger partial charge on any atom is -0.495 e. The summed E-state index contributed by atoms with van der Waals surface area (Å²) < 4.78 is 5.04. The Morgan fingerprint density at radius 1 is 1.46 bits per heavy atom. The van der Waals surface area contributed by atoms with Gasteiger partial charge in [0.05, 0.1) is 18.8 Å². The van der Waals surface area contributed by atoms with Gasteiger partial charge >= 0.3 is 0 Å². The summed E-state index contributed by atoms with van der Waals surface area (Å²) in [6.45, 7) is 0. The highest BCUT2D eigenvalue weighted by molar-refractivity contribution is 6.31. The van der Waals surface area contributed by atoms with E-state index in [0.717, 1.165) is 16.7 Å². The number of halogens is 1. The van der Waals surface area contributed by atoms with Crippen LogP contribution in [-0.2, 0) is 0 Å². The van der Waals surface area contributed by atoms with Crippen molar-refractivity contribution in [3.63, 3.8) is 0 Å². The topological polar surface area (TPSA) is 22.1 Å². The molecule has 2 rings (SSSR count). The van der Waals surface area contributed by atoms with E-state index in [4.69, 9.17) is 16.3 Å². The molecule has 0 N–H and O–H groups in total. The van der Waals surface area contributed by atoms with Gasteiger partial charge < -0.3 is 4.74 Å². The fourth-order valence-corrected chi connectivity index (χ4v) is 1.30. The minimum atomic E-state index is 0.655. The van der Waals surface area contributed by atoms with Gasteiger partial charge in [-0.15, -0.1) is 0 Å². The predicted octanol–water partition coefficient (Wildman–Crippen LogP) is 2.70. The van der Waals surface area contributed by atoms with Crippen molar-refractivity contribution in [2.75, 3.05) is 7.11 Å². The van der Waals surface area contributed by atoms with Crippen LogP contribution in [0.3, 0.4) is 0 Å². The highest BCUT2D eigenvalue weighted by Gasteiger charge is 1.98. The smallest absolute Gasteiger partial charge is 0.137 e. The zero-order chi connectivity index (χ0) is 9.26. The summed E-state index contributed by atoms with van der Waals surface area (Å²) in [7, 11) is 1.61. The van der Waals surface area contributed by atoms with E-state index < -0.39 is 0 Å². The molecule has 0 fully saturated rings. The molecule has 1 aromatic heterocycles. The van der Waals surface area contributed by atoms with Gasteiger partial charge in [0.2, 0.25) is 0 Å². The number of nitrogens with zero attached hydrogens (tertiary/aromatic N) is 1. The third-order valence-corrected chi connectivity index (χ3v) is 1.99. The van der Waals surface area contributed by atoms with Crippen LogP contribution in [0.2, 0.25) is 5.02 Å². The minimum absolute atomic E-state index is 0.655. The van der Waals surface area contributed by atoms with Crippen LogP contribution < -0.4 is 4.74 Å². The van der Waals surface area contributed by atoms with Gasteiger partial charge in [-0.3, -0.25) is 4.98 Å². The Balaban J connectivity index is 2.68. The van der Waals surface area contributed by atoms with E-state index in [9.17, 15) is 0 Å². The van der Waals surface area contributed by atoms with E-state index in [2.05, 4.69) is 11.1 Å². The molecule has 1 heterocycles. The van der Waals surface area contributed by atoms with Crippen LogP contribution in [0, 0.1) is 6.07 Å². The fraction of sp³-hybridized carbons (Fsp3) is 0.100. The summed E-state index contributed by atoms with van der Waals surface area (Å²) in [5, 5.41) is 1.59. The van der Waals surface area contributed by atoms with E-state index in [-0.39, 0.29) is 0 Å². The van der Waals surface area contributed by atoms with Crippen molar-refractivity contribution >= 4 is 22.5 Å². The molecular formula is C10H7ClNO. The van der Waals surface area contributed by atoms with Crippen molar-refractivity contribution in [1.82, 2.24) is 4.98 Å². The lowest BCUT2D eigenvalue weighted by Crippen LogP contribution is -1.85. The molecule has 2 aromatic rings. The van der Waals surface area contributed by atoms with Crippen molar-refractivity contribution in [2.45, 2.75) is 0 Å². The Morgan fingerprint density at radius 3 is 3.08 bits per heavy atom. The molecule has 0 saturated heterocycles. The Labute approximate surface area is 81.1 Å². The zero-order valence-corrected chi connectivity index (χ0v) is 7.80. The standard InChI is InChI=1S/C10H7ClNO/c1-13-9-5-7-4-8(11)2-3-10(7)12-6-9/h2,4-6H,1H3. The van der Waals surface area contributed by atoms with Gasteiger partial charge in [-0.1, -0.05) is 11.6 Å². The van der Waals surface area contributed by atoms with Gasteiger partial charge in [0.1, 0.15) is 5.75 Å². The van der Waals surface area contributed by atoms with E-state index >= 15 is 0 Å². The molecule has 0 unspecified atom stereocenters. The number of methoxy groups -OCH3 is 1. The normalized spacial score (nSPS) is 10.3. The first kappa shape index (κ1) is 8.32. The van der Waals surface area contributed by atoms with Crippen LogP contribution in [0.5, 0.6) is 5.75 Å². The number of ether oxygens (including phenoxy) is 1. The molecule has 0 amide bonds. The summed E-state index contributed by atoms with van der Waals surface area (Å²) in [5.74, 6) is 0.725. The first-order valence-electron chi connectivity index (χ1n) is 3.80. The lowest BCUT2D eigenvalue weighted by Gasteiger charge is -2.00. The first-order chi connectivity index (χ1) is 6.29. The van der Waals surface area contributed by atoms with E-state index in [1.54, 1.807) is 19.4 Å². The molecule has 3 heteroatoms. The van der Waals surface area contributed by atoms with Gasteiger partial charge in [0, 0.05) is 16.5 Å². The molecule has 0 saturated carbocycles. The second-order valence-corrected chi connectivity index (χ2v) is 3.07. The number of rotatable bonds is 1. The molecule has 1 radical (unpaired) electrons. The Hall–Kier alpha value is -1.28. The Morgan fingerprint density at radius 2 is 2.31 bits per heavy atom. The van der Waals surface area contributed by atoms with E-state index in [0.29, 0.717) is 5.02 Å². The lowest BCUT2D eigenvalue weighted by atomic mass is 10.2. The van der Waals surface area contributed by atoms with Crippen molar-refractivity contribution in [2.24, 2.45) is 0 Å². The Bertz CT molecular complexity index is 442. The Kier molecular flexibility index (Phi) is 2.07. The monoisotopic (exact) mass is 192 g/mol. The second kappa shape index (κ2) is 3.23. The summed E-state index contributed by atoms with van der Waals surface area (Å²) >= 11 is 5.81. The molecule has 0 bridgehead atoms. The molecule has 0 spiro atoms. The van der Waals surface area contributed by atoms with Crippen molar-refractivity contribution < 1.29 is 4.74 Å². The maximum absolute atomic E-state index is 5.81. The van der Waals surface area contributed by atoms with Crippen molar-refractivity contribution in [1.29, 1.82) is 0 Å². The molecule has 0 aliphatic heterocycles. The average molecular weight is 193 g/mol. The van der Waals surface area contributed by atoms with Crippen LogP contribution in [0.25, 0.3) is 10.9 Å². The molecule has 1 aromatic carbocycles. The maximum atomic E-state index is 5.81. The lowest BCUT2D eigenvalue weighted by molar-refractivity contribution is 0.414. The molecule has 13 heavy (non-hydrogen) atoms. The second-order valence-electron chi connectivity index (χ2n) is 2.63. The number of pyridine rings is 1. The number of aromatic nitrogens is 1.